The standard InChI is InChI=1S/C12H17N3O2/c1-7-11(8(2)17-14-7)12(16)15-4-3-9-5-13-6-10(9)15/h9-10,13H,3-6H2,1-2H3/t9-,10+/m1/s1. The number of amides is 1. The van der Waals surface area contributed by atoms with Crippen molar-refractivity contribution in [3.05, 3.63) is 17.0 Å². The largest absolute Gasteiger partial charge is 0.361 e. The molecule has 2 aliphatic rings. The van der Waals surface area contributed by atoms with Gasteiger partial charge in [-0.2, -0.15) is 0 Å². The highest BCUT2D eigenvalue weighted by atomic mass is 16.5. The molecule has 2 atom stereocenters. The van der Waals surface area contributed by atoms with Crippen LogP contribution in [0.25, 0.3) is 0 Å². The molecule has 0 saturated carbocycles. The van der Waals surface area contributed by atoms with Crippen molar-refractivity contribution in [3.8, 4) is 0 Å². The second-order valence-corrected chi connectivity index (χ2v) is 4.97. The Labute approximate surface area is 100 Å². The summed E-state index contributed by atoms with van der Waals surface area (Å²) >= 11 is 0. The average Bonchev–Trinajstić information content (AvgIpc) is 2.93. The summed E-state index contributed by atoms with van der Waals surface area (Å²) in [6, 6.07) is 0.358. The van der Waals surface area contributed by atoms with Gasteiger partial charge in [-0.25, -0.2) is 0 Å². The molecule has 1 aromatic heterocycles. The number of nitrogens with one attached hydrogen (secondary N) is 1. The lowest BCUT2D eigenvalue weighted by Gasteiger charge is -2.23. The molecule has 2 saturated heterocycles. The highest BCUT2D eigenvalue weighted by Gasteiger charge is 2.41. The average molecular weight is 235 g/mol. The number of likely N-dealkylation sites (tertiary alicyclic amines) is 1. The highest BCUT2D eigenvalue weighted by Crippen LogP contribution is 2.29. The van der Waals surface area contributed by atoms with Crippen molar-refractivity contribution < 1.29 is 9.32 Å². The van der Waals surface area contributed by atoms with Gasteiger partial charge in [-0.05, 0) is 26.2 Å². The van der Waals surface area contributed by atoms with E-state index >= 15 is 0 Å². The van der Waals surface area contributed by atoms with Gasteiger partial charge in [0.15, 0.2) is 0 Å². The van der Waals surface area contributed by atoms with Crippen molar-refractivity contribution in [1.82, 2.24) is 15.4 Å². The normalized spacial score (nSPS) is 27.5. The van der Waals surface area contributed by atoms with Gasteiger partial charge in [0.25, 0.3) is 5.91 Å². The first-order valence-electron chi connectivity index (χ1n) is 6.13. The third-order valence-corrected chi connectivity index (χ3v) is 3.95. The van der Waals surface area contributed by atoms with Gasteiger partial charge in [0.05, 0.1) is 5.69 Å². The predicted octanol–water partition coefficient (Wildman–Crippen LogP) is 0.725. The van der Waals surface area contributed by atoms with E-state index in [1.807, 2.05) is 11.8 Å². The molecule has 2 aliphatic heterocycles. The van der Waals surface area contributed by atoms with Gasteiger partial charge in [0.1, 0.15) is 11.3 Å². The highest BCUT2D eigenvalue weighted by molar-refractivity contribution is 5.96. The molecule has 5 nitrogen and oxygen atoms in total. The van der Waals surface area contributed by atoms with Crippen LogP contribution in [-0.4, -0.2) is 41.6 Å². The molecule has 0 unspecified atom stereocenters. The van der Waals surface area contributed by atoms with Crippen molar-refractivity contribution in [2.75, 3.05) is 19.6 Å². The first kappa shape index (κ1) is 10.8. The van der Waals surface area contributed by atoms with E-state index in [9.17, 15) is 4.79 Å². The molecule has 92 valence electrons. The van der Waals surface area contributed by atoms with Gasteiger partial charge < -0.3 is 14.7 Å². The maximum Gasteiger partial charge on any atom is 0.259 e. The van der Waals surface area contributed by atoms with E-state index in [0.29, 0.717) is 29.0 Å². The summed E-state index contributed by atoms with van der Waals surface area (Å²) in [7, 11) is 0. The fourth-order valence-electron chi connectivity index (χ4n) is 3.03. The summed E-state index contributed by atoms with van der Waals surface area (Å²) in [5, 5.41) is 7.21. The Morgan fingerprint density at radius 1 is 1.47 bits per heavy atom. The van der Waals surface area contributed by atoms with Crippen LogP contribution < -0.4 is 5.32 Å². The number of aryl methyl sites for hydroxylation is 2. The summed E-state index contributed by atoms with van der Waals surface area (Å²) in [5.74, 6) is 1.33. The minimum absolute atomic E-state index is 0.0810. The lowest BCUT2D eigenvalue weighted by Crippen LogP contribution is -2.39. The van der Waals surface area contributed by atoms with E-state index in [1.54, 1.807) is 6.92 Å². The van der Waals surface area contributed by atoms with Gasteiger partial charge >= 0.3 is 0 Å². The Morgan fingerprint density at radius 2 is 2.29 bits per heavy atom. The third-order valence-electron chi connectivity index (χ3n) is 3.95. The molecule has 1 aromatic rings. The summed E-state index contributed by atoms with van der Waals surface area (Å²) in [6.07, 6.45) is 1.10. The van der Waals surface area contributed by atoms with E-state index in [-0.39, 0.29) is 5.91 Å². The van der Waals surface area contributed by atoms with Crippen LogP contribution in [0.2, 0.25) is 0 Å². The molecule has 3 heterocycles. The fourth-order valence-corrected chi connectivity index (χ4v) is 3.03. The topological polar surface area (TPSA) is 58.4 Å². The first-order chi connectivity index (χ1) is 8.18. The molecule has 5 heteroatoms. The molecular formula is C12H17N3O2. The number of aromatic nitrogens is 1. The van der Waals surface area contributed by atoms with Crippen molar-refractivity contribution in [1.29, 1.82) is 0 Å². The number of fused-ring (bicyclic) bond motifs is 1. The second kappa shape index (κ2) is 3.84. The summed E-state index contributed by atoms with van der Waals surface area (Å²) in [4.78, 5) is 14.5. The molecule has 2 fully saturated rings. The minimum Gasteiger partial charge on any atom is -0.361 e. The molecule has 1 N–H and O–H groups in total. The maximum atomic E-state index is 12.5. The summed E-state index contributed by atoms with van der Waals surface area (Å²) < 4.78 is 5.07. The molecule has 0 aliphatic carbocycles. The molecular weight excluding hydrogens is 218 g/mol. The second-order valence-electron chi connectivity index (χ2n) is 4.97. The monoisotopic (exact) mass is 235 g/mol. The Balaban J connectivity index is 1.88. The smallest absolute Gasteiger partial charge is 0.259 e. The zero-order valence-corrected chi connectivity index (χ0v) is 10.2. The third kappa shape index (κ3) is 1.57. The van der Waals surface area contributed by atoms with E-state index in [4.69, 9.17) is 4.52 Å². The molecule has 17 heavy (non-hydrogen) atoms. The number of carbonyl (C=O) groups excluding carboxylic acids is 1. The van der Waals surface area contributed by atoms with Gasteiger partial charge in [-0.3, -0.25) is 4.79 Å². The molecule has 0 aromatic carbocycles. The van der Waals surface area contributed by atoms with Crippen LogP contribution in [0.4, 0.5) is 0 Å². The lowest BCUT2D eigenvalue weighted by atomic mass is 10.0. The van der Waals surface area contributed by atoms with E-state index in [0.717, 1.165) is 26.1 Å². The van der Waals surface area contributed by atoms with Crippen molar-refractivity contribution >= 4 is 5.91 Å². The Morgan fingerprint density at radius 3 is 3.00 bits per heavy atom. The number of rotatable bonds is 1. The molecule has 0 spiro atoms. The number of hydrogen-bond acceptors (Lipinski definition) is 4. The lowest BCUT2D eigenvalue weighted by molar-refractivity contribution is 0.0734. The van der Waals surface area contributed by atoms with Gasteiger partial charge in [0, 0.05) is 25.7 Å². The van der Waals surface area contributed by atoms with Crippen molar-refractivity contribution in [2.45, 2.75) is 26.3 Å². The van der Waals surface area contributed by atoms with Gasteiger partial charge in [-0.1, -0.05) is 5.16 Å². The first-order valence-corrected chi connectivity index (χ1v) is 6.13. The van der Waals surface area contributed by atoms with E-state index < -0.39 is 0 Å². The summed E-state index contributed by atoms with van der Waals surface area (Å²) in [6.45, 7) is 6.44. The van der Waals surface area contributed by atoms with Crippen LogP contribution in [0.3, 0.4) is 0 Å². The van der Waals surface area contributed by atoms with Gasteiger partial charge in [-0.15, -0.1) is 0 Å². The van der Waals surface area contributed by atoms with E-state index in [2.05, 4.69) is 10.5 Å². The van der Waals surface area contributed by atoms with Crippen LogP contribution in [0.5, 0.6) is 0 Å². The Kier molecular flexibility index (Phi) is 2.43. The zero-order chi connectivity index (χ0) is 12.0. The molecule has 1 amide bonds. The predicted molar refractivity (Wildman–Crippen MR) is 61.8 cm³/mol. The Bertz CT molecular complexity index is 435. The zero-order valence-electron chi connectivity index (χ0n) is 10.2. The molecule has 3 rings (SSSR count). The molecule has 0 bridgehead atoms. The maximum absolute atomic E-state index is 12.5. The van der Waals surface area contributed by atoms with E-state index in [1.165, 1.54) is 0 Å². The minimum atomic E-state index is 0.0810. The molecule has 0 radical (unpaired) electrons. The Hall–Kier alpha value is -1.36. The quantitative estimate of drug-likeness (QED) is 0.779. The van der Waals surface area contributed by atoms with Crippen LogP contribution >= 0.6 is 0 Å². The fraction of sp³-hybridized carbons (Fsp3) is 0.667. The van der Waals surface area contributed by atoms with Crippen LogP contribution in [-0.2, 0) is 0 Å². The van der Waals surface area contributed by atoms with Crippen LogP contribution in [0.15, 0.2) is 4.52 Å². The van der Waals surface area contributed by atoms with Gasteiger partial charge in [0.2, 0.25) is 0 Å². The number of hydrogen-bond donors (Lipinski definition) is 1. The number of nitrogens with zero attached hydrogens (tertiary/aromatic N) is 2. The number of carbonyl (C=O) groups is 1. The SMILES string of the molecule is Cc1noc(C)c1C(=O)N1CC[C@@H]2CNC[C@@H]21. The van der Waals surface area contributed by atoms with Crippen LogP contribution in [0, 0.1) is 19.8 Å². The van der Waals surface area contributed by atoms with Crippen molar-refractivity contribution in [3.63, 3.8) is 0 Å². The van der Waals surface area contributed by atoms with Crippen LogP contribution in [0.1, 0.15) is 28.2 Å². The van der Waals surface area contributed by atoms with Crippen molar-refractivity contribution in [2.24, 2.45) is 5.92 Å². The summed E-state index contributed by atoms with van der Waals surface area (Å²) in [5.41, 5.74) is 1.35.